The van der Waals surface area contributed by atoms with E-state index in [0.29, 0.717) is 6.10 Å². The Kier molecular flexibility index (Phi) is 3.55. The maximum Gasteiger partial charge on any atom is 0.139 e. The van der Waals surface area contributed by atoms with Crippen molar-refractivity contribution in [3.63, 3.8) is 0 Å². The van der Waals surface area contributed by atoms with Gasteiger partial charge in [-0.3, -0.25) is 0 Å². The van der Waals surface area contributed by atoms with Crippen LogP contribution in [0.1, 0.15) is 25.7 Å². The first kappa shape index (κ1) is 10.6. The summed E-state index contributed by atoms with van der Waals surface area (Å²) >= 11 is 8.32. The molecule has 0 spiro atoms. The van der Waals surface area contributed by atoms with Gasteiger partial charge >= 0.3 is 0 Å². The van der Waals surface area contributed by atoms with E-state index in [1.807, 2.05) is 18.2 Å². The highest BCUT2D eigenvalue weighted by atomic mass is 127. The second-order valence-electron chi connectivity index (χ2n) is 3.60. The van der Waals surface area contributed by atoms with Gasteiger partial charge in [0, 0.05) is 3.57 Å². The molecule has 0 amide bonds. The van der Waals surface area contributed by atoms with Crippen molar-refractivity contribution in [2.24, 2.45) is 0 Å². The molecular weight excluding hydrogens is 310 g/mol. The summed E-state index contributed by atoms with van der Waals surface area (Å²) in [7, 11) is 0. The van der Waals surface area contributed by atoms with Crippen LogP contribution in [-0.2, 0) is 0 Å². The summed E-state index contributed by atoms with van der Waals surface area (Å²) in [4.78, 5) is 0. The predicted octanol–water partition coefficient (Wildman–Crippen LogP) is 4.27. The molecular formula is C11H12ClIO. The summed E-state index contributed by atoms with van der Waals surface area (Å²) < 4.78 is 7.02. The zero-order chi connectivity index (χ0) is 9.97. The Morgan fingerprint density at radius 3 is 2.71 bits per heavy atom. The molecule has 1 fully saturated rings. The molecule has 14 heavy (non-hydrogen) atoms. The summed E-state index contributed by atoms with van der Waals surface area (Å²) in [6, 6.07) is 5.89. The maximum atomic E-state index is 6.05. The van der Waals surface area contributed by atoms with E-state index >= 15 is 0 Å². The smallest absolute Gasteiger partial charge is 0.139 e. The molecule has 1 aliphatic rings. The third-order valence-electron chi connectivity index (χ3n) is 2.49. The molecule has 1 aromatic rings. The molecule has 0 bridgehead atoms. The average molecular weight is 323 g/mol. The van der Waals surface area contributed by atoms with Crippen molar-refractivity contribution in [1.29, 1.82) is 0 Å². The molecule has 1 saturated carbocycles. The summed E-state index contributed by atoms with van der Waals surface area (Å²) in [6.45, 7) is 0. The molecule has 1 aliphatic carbocycles. The van der Waals surface area contributed by atoms with Crippen LogP contribution in [0, 0.1) is 3.57 Å². The highest BCUT2D eigenvalue weighted by Crippen LogP contribution is 2.30. The van der Waals surface area contributed by atoms with Gasteiger partial charge in [-0.25, -0.2) is 0 Å². The van der Waals surface area contributed by atoms with Gasteiger partial charge in [0.1, 0.15) is 5.75 Å². The largest absolute Gasteiger partial charge is 0.489 e. The lowest BCUT2D eigenvalue weighted by Gasteiger charge is -2.14. The van der Waals surface area contributed by atoms with E-state index in [4.69, 9.17) is 16.3 Å². The Bertz CT molecular complexity index is 321. The normalized spacial score (nSPS) is 17.3. The highest BCUT2D eigenvalue weighted by molar-refractivity contribution is 14.1. The second-order valence-corrected chi connectivity index (χ2v) is 5.25. The number of rotatable bonds is 2. The molecule has 0 atom stereocenters. The molecule has 0 radical (unpaired) electrons. The lowest BCUT2D eigenvalue weighted by atomic mass is 10.3. The fourth-order valence-corrected chi connectivity index (χ4v) is 2.38. The first-order valence-corrected chi connectivity index (χ1v) is 6.33. The molecule has 0 unspecified atom stereocenters. The van der Waals surface area contributed by atoms with E-state index in [-0.39, 0.29) is 0 Å². The van der Waals surface area contributed by atoms with Crippen LogP contribution < -0.4 is 4.74 Å². The minimum Gasteiger partial charge on any atom is -0.489 e. The molecule has 3 heteroatoms. The molecule has 0 heterocycles. The van der Waals surface area contributed by atoms with Gasteiger partial charge in [0.05, 0.1) is 11.1 Å². The minimum atomic E-state index is 0.380. The van der Waals surface area contributed by atoms with Crippen LogP contribution in [0.4, 0.5) is 0 Å². The highest BCUT2D eigenvalue weighted by Gasteiger charge is 2.17. The summed E-state index contributed by atoms with van der Waals surface area (Å²) in [5, 5.41) is 0.720. The quantitative estimate of drug-likeness (QED) is 0.739. The Morgan fingerprint density at radius 2 is 2.00 bits per heavy atom. The Hall–Kier alpha value is 0.0400. The van der Waals surface area contributed by atoms with Gasteiger partial charge in [-0.1, -0.05) is 11.6 Å². The van der Waals surface area contributed by atoms with Gasteiger partial charge in [-0.15, -0.1) is 0 Å². The predicted molar refractivity (Wildman–Crippen MR) is 67.1 cm³/mol. The van der Waals surface area contributed by atoms with Crippen LogP contribution >= 0.6 is 34.2 Å². The van der Waals surface area contributed by atoms with Crippen LogP contribution in [-0.4, -0.2) is 6.10 Å². The van der Waals surface area contributed by atoms with E-state index in [2.05, 4.69) is 22.6 Å². The maximum absolute atomic E-state index is 6.05. The lowest BCUT2D eigenvalue weighted by Crippen LogP contribution is -2.11. The van der Waals surface area contributed by atoms with Gasteiger partial charge in [0.2, 0.25) is 0 Å². The number of hydrogen-bond acceptors (Lipinski definition) is 1. The van der Waals surface area contributed by atoms with E-state index in [0.717, 1.165) is 10.8 Å². The van der Waals surface area contributed by atoms with Gasteiger partial charge in [-0.05, 0) is 66.5 Å². The van der Waals surface area contributed by atoms with Crippen LogP contribution in [0.15, 0.2) is 18.2 Å². The Balaban J connectivity index is 2.10. The summed E-state index contributed by atoms with van der Waals surface area (Å²) in [5.74, 6) is 0.838. The monoisotopic (exact) mass is 322 g/mol. The Labute approximate surface area is 103 Å². The van der Waals surface area contributed by atoms with Crippen LogP contribution in [0.25, 0.3) is 0 Å². The topological polar surface area (TPSA) is 9.23 Å². The Morgan fingerprint density at radius 1 is 1.29 bits per heavy atom. The van der Waals surface area contributed by atoms with E-state index in [1.54, 1.807) is 0 Å². The first-order chi connectivity index (χ1) is 6.75. The van der Waals surface area contributed by atoms with Gasteiger partial charge in [-0.2, -0.15) is 0 Å². The zero-order valence-electron chi connectivity index (χ0n) is 7.80. The van der Waals surface area contributed by atoms with Crippen molar-refractivity contribution < 1.29 is 4.74 Å². The fraction of sp³-hybridized carbons (Fsp3) is 0.455. The molecule has 2 rings (SSSR count). The van der Waals surface area contributed by atoms with Gasteiger partial charge < -0.3 is 4.74 Å². The molecule has 76 valence electrons. The number of ether oxygens (including phenoxy) is 1. The van der Waals surface area contributed by atoms with E-state index in [1.165, 1.54) is 29.3 Å². The van der Waals surface area contributed by atoms with E-state index < -0.39 is 0 Å². The van der Waals surface area contributed by atoms with Crippen molar-refractivity contribution in [2.45, 2.75) is 31.8 Å². The van der Waals surface area contributed by atoms with E-state index in [9.17, 15) is 0 Å². The molecule has 1 aromatic carbocycles. The van der Waals surface area contributed by atoms with Gasteiger partial charge in [0.15, 0.2) is 0 Å². The number of halogens is 2. The van der Waals surface area contributed by atoms with Crippen molar-refractivity contribution >= 4 is 34.2 Å². The summed E-state index contributed by atoms with van der Waals surface area (Å²) in [6.07, 6.45) is 5.29. The third kappa shape index (κ3) is 2.54. The van der Waals surface area contributed by atoms with Crippen molar-refractivity contribution in [1.82, 2.24) is 0 Å². The van der Waals surface area contributed by atoms with Crippen LogP contribution in [0.3, 0.4) is 0 Å². The van der Waals surface area contributed by atoms with Crippen LogP contribution in [0.2, 0.25) is 5.02 Å². The molecule has 0 aliphatic heterocycles. The first-order valence-electron chi connectivity index (χ1n) is 4.87. The number of hydrogen-bond donors (Lipinski definition) is 0. The average Bonchev–Trinajstić information content (AvgIpc) is 2.64. The van der Waals surface area contributed by atoms with Crippen molar-refractivity contribution in [3.05, 3.63) is 26.8 Å². The molecule has 0 saturated heterocycles. The van der Waals surface area contributed by atoms with Crippen molar-refractivity contribution in [3.8, 4) is 5.75 Å². The van der Waals surface area contributed by atoms with Crippen molar-refractivity contribution in [2.75, 3.05) is 0 Å². The van der Waals surface area contributed by atoms with Gasteiger partial charge in [0.25, 0.3) is 0 Å². The third-order valence-corrected chi connectivity index (χ3v) is 3.47. The fourth-order valence-electron chi connectivity index (χ4n) is 1.75. The minimum absolute atomic E-state index is 0.380. The molecule has 0 N–H and O–H groups in total. The SMILES string of the molecule is Clc1ccc(I)cc1OC1CCCC1. The van der Waals surface area contributed by atoms with Crippen LogP contribution in [0.5, 0.6) is 5.75 Å². The molecule has 0 aromatic heterocycles. The zero-order valence-corrected chi connectivity index (χ0v) is 10.7. The standard InChI is InChI=1S/C11H12ClIO/c12-10-6-5-8(13)7-11(10)14-9-3-1-2-4-9/h5-7,9H,1-4H2. The summed E-state index contributed by atoms with van der Waals surface area (Å²) in [5.41, 5.74) is 0. The lowest BCUT2D eigenvalue weighted by molar-refractivity contribution is 0.210. The number of benzene rings is 1. The second kappa shape index (κ2) is 4.71. The molecule has 1 nitrogen and oxygen atoms in total.